The smallest absolute Gasteiger partial charge is 0.333 e. The van der Waals surface area contributed by atoms with Gasteiger partial charge in [-0.1, -0.05) is 69.6 Å². The second kappa shape index (κ2) is 11.5. The first-order chi connectivity index (χ1) is 20.6. The molecule has 3 aromatic rings. The molecule has 1 fully saturated rings. The second-order valence-corrected chi connectivity index (χ2v) is 13.7. The average molecular weight is 627 g/mol. The SMILES string of the molecule is CC(C)(C)C[C@]1(c2ccc(-c3cnn(C(F)F)c3)cc2)N=C(N)N(C(COC(=O)CC2(C)CC2)c2ccc(Cl)c(N)c2)C1=O. The molecule has 0 radical (unpaired) electrons. The summed E-state index contributed by atoms with van der Waals surface area (Å²) in [6, 6.07) is 11.2. The van der Waals surface area contributed by atoms with Gasteiger partial charge in [0, 0.05) is 11.8 Å². The van der Waals surface area contributed by atoms with Gasteiger partial charge in [0.05, 0.1) is 29.4 Å². The molecule has 12 heteroatoms. The molecule has 234 valence electrons. The van der Waals surface area contributed by atoms with Crippen molar-refractivity contribution in [2.45, 2.75) is 71.5 Å². The number of nitrogens with zero attached hydrogens (tertiary/aromatic N) is 4. The maximum Gasteiger partial charge on any atom is 0.333 e. The zero-order chi connectivity index (χ0) is 32.0. The summed E-state index contributed by atoms with van der Waals surface area (Å²) in [6.45, 7) is 5.13. The second-order valence-electron chi connectivity index (χ2n) is 13.3. The molecule has 1 saturated carbocycles. The Morgan fingerprint density at radius 2 is 1.80 bits per heavy atom. The number of rotatable bonds is 10. The van der Waals surface area contributed by atoms with Crippen molar-refractivity contribution in [1.82, 2.24) is 14.7 Å². The van der Waals surface area contributed by atoms with Gasteiger partial charge in [-0.05, 0) is 58.9 Å². The molecule has 4 N–H and O–H groups in total. The quantitative estimate of drug-likeness (QED) is 0.197. The van der Waals surface area contributed by atoms with Gasteiger partial charge in [-0.15, -0.1) is 0 Å². The fraction of sp³-hybridized carbons (Fsp3) is 0.438. The molecule has 1 aliphatic carbocycles. The predicted octanol–water partition coefficient (Wildman–Crippen LogP) is 6.44. The summed E-state index contributed by atoms with van der Waals surface area (Å²) in [5.74, 6) is -0.761. The maximum absolute atomic E-state index is 14.6. The maximum atomic E-state index is 14.6. The number of ether oxygens (including phenoxy) is 1. The minimum atomic E-state index is -2.75. The molecule has 1 aliphatic heterocycles. The van der Waals surface area contributed by atoms with Crippen molar-refractivity contribution in [3.05, 3.63) is 71.0 Å². The summed E-state index contributed by atoms with van der Waals surface area (Å²) < 4.78 is 32.5. The zero-order valence-corrected chi connectivity index (χ0v) is 25.9. The first-order valence-electron chi connectivity index (χ1n) is 14.4. The van der Waals surface area contributed by atoms with Crippen LogP contribution in [0.15, 0.2) is 59.9 Å². The van der Waals surface area contributed by atoms with E-state index in [1.54, 1.807) is 42.5 Å². The Balaban J connectivity index is 1.51. The van der Waals surface area contributed by atoms with Crippen LogP contribution in [0.1, 0.15) is 77.1 Å². The molecule has 5 rings (SSSR count). The van der Waals surface area contributed by atoms with E-state index in [1.807, 2.05) is 27.7 Å². The van der Waals surface area contributed by atoms with Gasteiger partial charge in [0.15, 0.2) is 11.5 Å². The number of esters is 1. The van der Waals surface area contributed by atoms with Crippen molar-refractivity contribution in [3.63, 3.8) is 0 Å². The number of carbonyl (C=O) groups is 2. The van der Waals surface area contributed by atoms with E-state index in [-0.39, 0.29) is 41.7 Å². The number of guanidine groups is 1. The first kappa shape index (κ1) is 31.4. The molecule has 2 atom stereocenters. The van der Waals surface area contributed by atoms with Crippen LogP contribution < -0.4 is 11.5 Å². The Bertz CT molecular complexity index is 1600. The lowest BCUT2D eigenvalue weighted by Gasteiger charge is -2.35. The van der Waals surface area contributed by atoms with Crippen LogP contribution in [0.2, 0.25) is 5.02 Å². The van der Waals surface area contributed by atoms with Crippen LogP contribution in [0.5, 0.6) is 0 Å². The molecule has 9 nitrogen and oxygen atoms in total. The number of aromatic nitrogens is 2. The molecule has 0 spiro atoms. The van der Waals surface area contributed by atoms with Crippen LogP contribution in [0.3, 0.4) is 0 Å². The Hall–Kier alpha value is -3.99. The number of alkyl halides is 2. The number of benzene rings is 2. The lowest BCUT2D eigenvalue weighted by molar-refractivity contribution is -0.148. The van der Waals surface area contributed by atoms with Gasteiger partial charge in [0.1, 0.15) is 6.61 Å². The van der Waals surface area contributed by atoms with Gasteiger partial charge >= 0.3 is 12.5 Å². The van der Waals surface area contributed by atoms with Gasteiger partial charge in [0.2, 0.25) is 0 Å². The average Bonchev–Trinajstić information content (AvgIpc) is 3.35. The minimum Gasteiger partial charge on any atom is -0.463 e. The molecule has 2 aliphatic rings. The van der Waals surface area contributed by atoms with Crippen molar-refractivity contribution >= 4 is 35.1 Å². The van der Waals surface area contributed by atoms with E-state index in [1.165, 1.54) is 17.3 Å². The van der Waals surface area contributed by atoms with E-state index >= 15 is 0 Å². The Morgan fingerprint density at radius 1 is 1.11 bits per heavy atom. The Labute approximate surface area is 260 Å². The van der Waals surface area contributed by atoms with Crippen molar-refractivity contribution in [2.75, 3.05) is 12.3 Å². The van der Waals surface area contributed by atoms with Gasteiger partial charge < -0.3 is 16.2 Å². The lowest BCUT2D eigenvalue weighted by Crippen LogP contribution is -2.47. The number of hydrogen-bond donors (Lipinski definition) is 2. The fourth-order valence-corrected chi connectivity index (χ4v) is 5.78. The summed E-state index contributed by atoms with van der Waals surface area (Å²) in [5.41, 5.74) is 13.5. The van der Waals surface area contributed by atoms with Crippen molar-refractivity contribution < 1.29 is 23.1 Å². The third-order valence-electron chi connectivity index (χ3n) is 8.20. The molecule has 44 heavy (non-hydrogen) atoms. The molecule has 1 unspecified atom stereocenters. The number of aliphatic imine (C=N–C) groups is 1. The van der Waals surface area contributed by atoms with E-state index in [4.69, 9.17) is 32.8 Å². The van der Waals surface area contributed by atoms with Gasteiger partial charge in [-0.3, -0.25) is 14.5 Å². The van der Waals surface area contributed by atoms with Crippen LogP contribution in [0.4, 0.5) is 14.5 Å². The van der Waals surface area contributed by atoms with E-state index in [0.29, 0.717) is 44.1 Å². The number of amides is 1. The third kappa shape index (κ3) is 6.43. The minimum absolute atomic E-state index is 0.0229. The molecule has 2 heterocycles. The molecule has 1 aromatic heterocycles. The summed E-state index contributed by atoms with van der Waals surface area (Å²) in [5, 5.41) is 4.06. The van der Waals surface area contributed by atoms with E-state index in [2.05, 4.69) is 5.10 Å². The summed E-state index contributed by atoms with van der Waals surface area (Å²) in [4.78, 5) is 33.6. The number of anilines is 1. The van der Waals surface area contributed by atoms with Crippen LogP contribution in [0.25, 0.3) is 11.1 Å². The standard InChI is InChI=1S/C32H37ClF2N6O3/c1-30(2,3)18-32(22-8-5-19(6-9-22)21-15-38-40(16-21)28(34)35)27(43)41(29(37)39-32)25(20-7-10-23(33)24(36)13-20)17-44-26(42)14-31(4)11-12-31/h5-10,13,15-16,25,28H,11-12,14,17-18,36H2,1-4H3,(H2,37,39)/t25?,32-/m1/s1. The zero-order valence-electron chi connectivity index (χ0n) is 25.2. The number of nitrogen functional groups attached to an aromatic ring is 1. The van der Waals surface area contributed by atoms with E-state index in [0.717, 1.165) is 12.8 Å². The number of halogens is 3. The van der Waals surface area contributed by atoms with Crippen molar-refractivity contribution in [2.24, 2.45) is 21.6 Å². The molecule has 0 bridgehead atoms. The Kier molecular flexibility index (Phi) is 8.22. The molecule has 0 saturated heterocycles. The van der Waals surface area contributed by atoms with Crippen LogP contribution in [0, 0.1) is 10.8 Å². The van der Waals surface area contributed by atoms with E-state index < -0.39 is 18.1 Å². The summed E-state index contributed by atoms with van der Waals surface area (Å²) in [7, 11) is 0. The molecule has 1 amide bonds. The van der Waals surface area contributed by atoms with Crippen molar-refractivity contribution in [3.8, 4) is 11.1 Å². The van der Waals surface area contributed by atoms with Crippen LogP contribution >= 0.6 is 11.6 Å². The monoisotopic (exact) mass is 626 g/mol. The number of nitrogens with two attached hydrogens (primary N) is 2. The number of hydrogen-bond acceptors (Lipinski definition) is 7. The highest BCUT2D eigenvalue weighted by molar-refractivity contribution is 6.33. The van der Waals surface area contributed by atoms with Gasteiger partial charge in [-0.2, -0.15) is 13.9 Å². The van der Waals surface area contributed by atoms with Crippen LogP contribution in [-0.4, -0.2) is 39.1 Å². The van der Waals surface area contributed by atoms with E-state index in [9.17, 15) is 18.4 Å². The normalized spacial score (nSPS) is 20.1. The summed E-state index contributed by atoms with van der Waals surface area (Å²) >= 11 is 6.20. The largest absolute Gasteiger partial charge is 0.463 e. The molecule has 2 aromatic carbocycles. The highest BCUT2D eigenvalue weighted by atomic mass is 35.5. The topological polar surface area (TPSA) is 129 Å². The highest BCUT2D eigenvalue weighted by Crippen LogP contribution is 2.49. The van der Waals surface area contributed by atoms with Gasteiger partial charge in [0.25, 0.3) is 5.91 Å². The molecular weight excluding hydrogens is 590 g/mol. The number of carbonyl (C=O) groups excluding carboxylic acids is 2. The highest BCUT2D eigenvalue weighted by Gasteiger charge is 2.53. The fourth-order valence-electron chi connectivity index (χ4n) is 5.66. The Morgan fingerprint density at radius 3 is 2.36 bits per heavy atom. The van der Waals surface area contributed by atoms with Crippen LogP contribution in [-0.2, 0) is 19.9 Å². The predicted molar refractivity (Wildman–Crippen MR) is 165 cm³/mol. The van der Waals surface area contributed by atoms with Gasteiger partial charge in [-0.25, -0.2) is 9.67 Å². The summed E-state index contributed by atoms with van der Waals surface area (Å²) in [6.07, 6.45) is 5.15. The lowest BCUT2D eigenvalue weighted by atomic mass is 9.75. The first-order valence-corrected chi connectivity index (χ1v) is 14.8. The third-order valence-corrected chi connectivity index (χ3v) is 8.55. The molecular formula is C32H37ClF2N6O3. The van der Waals surface area contributed by atoms with Crippen molar-refractivity contribution in [1.29, 1.82) is 0 Å².